The number of hydrogen-bond acceptors (Lipinski definition) is 3. The van der Waals surface area contributed by atoms with Crippen LogP contribution in [0.15, 0.2) is 41.3 Å². The molecular formula is C18H19ClN2O3S. The minimum atomic E-state index is -3.83. The Morgan fingerprint density at radius 2 is 1.92 bits per heavy atom. The summed E-state index contributed by atoms with van der Waals surface area (Å²) in [5.74, 6) is -0.215. The number of carbonyl (C=O) groups is 1. The van der Waals surface area contributed by atoms with Gasteiger partial charge in [-0.2, -0.15) is 0 Å². The summed E-state index contributed by atoms with van der Waals surface area (Å²) < 4.78 is 23.2. The van der Waals surface area contributed by atoms with E-state index in [0.29, 0.717) is 10.7 Å². The summed E-state index contributed by atoms with van der Waals surface area (Å²) >= 11 is 6.19. The molecule has 5 nitrogen and oxygen atoms in total. The van der Waals surface area contributed by atoms with Crippen molar-refractivity contribution in [3.8, 4) is 0 Å². The smallest absolute Gasteiger partial charge is 0.238 e. The SMILES string of the molecule is Cc1cc(S(N)(=O)=O)cc(NC(=O)C2CC2c2ccccc2Cl)c1C. The van der Waals surface area contributed by atoms with Crippen molar-refractivity contribution in [3.05, 3.63) is 58.1 Å². The molecule has 25 heavy (non-hydrogen) atoms. The van der Waals surface area contributed by atoms with Crippen LogP contribution in [0, 0.1) is 19.8 Å². The summed E-state index contributed by atoms with van der Waals surface area (Å²) in [5.41, 5.74) is 3.00. The molecule has 0 heterocycles. The molecule has 0 saturated heterocycles. The van der Waals surface area contributed by atoms with Gasteiger partial charge in [0.25, 0.3) is 0 Å². The number of anilines is 1. The molecule has 1 saturated carbocycles. The van der Waals surface area contributed by atoms with E-state index < -0.39 is 10.0 Å². The van der Waals surface area contributed by atoms with Gasteiger partial charge in [0.1, 0.15) is 0 Å². The van der Waals surface area contributed by atoms with Crippen LogP contribution in [0.3, 0.4) is 0 Å². The molecule has 2 aromatic rings. The summed E-state index contributed by atoms with van der Waals surface area (Å²) in [4.78, 5) is 12.5. The molecule has 1 aliphatic rings. The predicted molar refractivity (Wildman–Crippen MR) is 98.2 cm³/mol. The van der Waals surface area contributed by atoms with Crippen LogP contribution in [0.25, 0.3) is 0 Å². The highest BCUT2D eigenvalue weighted by Crippen LogP contribution is 2.50. The predicted octanol–water partition coefficient (Wildman–Crippen LogP) is 3.35. The van der Waals surface area contributed by atoms with Crippen molar-refractivity contribution in [1.82, 2.24) is 0 Å². The maximum Gasteiger partial charge on any atom is 0.238 e. The monoisotopic (exact) mass is 378 g/mol. The van der Waals surface area contributed by atoms with Crippen LogP contribution in [0.4, 0.5) is 5.69 Å². The number of aryl methyl sites for hydroxylation is 1. The summed E-state index contributed by atoms with van der Waals surface area (Å²) in [6, 6.07) is 10.4. The fourth-order valence-corrected chi connectivity index (χ4v) is 3.85. The average Bonchev–Trinajstić information content (AvgIpc) is 3.31. The molecule has 0 radical (unpaired) electrons. The number of rotatable bonds is 4. The van der Waals surface area contributed by atoms with Gasteiger partial charge in [0.2, 0.25) is 15.9 Å². The first-order valence-corrected chi connectivity index (χ1v) is 9.80. The molecule has 2 aromatic carbocycles. The third-order valence-electron chi connectivity index (χ3n) is 4.66. The normalized spacial score (nSPS) is 19.5. The molecule has 0 bridgehead atoms. The van der Waals surface area contributed by atoms with Crippen molar-refractivity contribution in [2.24, 2.45) is 11.1 Å². The molecule has 1 amide bonds. The number of amides is 1. The minimum Gasteiger partial charge on any atom is -0.326 e. The number of benzene rings is 2. The number of nitrogens with two attached hydrogens (primary N) is 1. The van der Waals surface area contributed by atoms with Gasteiger partial charge in [-0.3, -0.25) is 4.79 Å². The molecule has 3 rings (SSSR count). The Hall–Kier alpha value is -1.89. The van der Waals surface area contributed by atoms with Crippen LogP contribution in [0.2, 0.25) is 5.02 Å². The molecular weight excluding hydrogens is 360 g/mol. The molecule has 132 valence electrons. The van der Waals surface area contributed by atoms with Gasteiger partial charge in [0.05, 0.1) is 4.90 Å². The molecule has 7 heteroatoms. The third-order valence-corrected chi connectivity index (χ3v) is 5.90. The molecule has 1 fully saturated rings. The van der Waals surface area contributed by atoms with Crippen LogP contribution >= 0.6 is 11.6 Å². The van der Waals surface area contributed by atoms with E-state index in [2.05, 4.69) is 5.32 Å². The first-order valence-electron chi connectivity index (χ1n) is 7.88. The first kappa shape index (κ1) is 17.9. The Kier molecular flexibility index (Phi) is 4.62. The Balaban J connectivity index is 1.81. The topological polar surface area (TPSA) is 89.3 Å². The second kappa shape index (κ2) is 6.44. The zero-order valence-corrected chi connectivity index (χ0v) is 15.5. The number of carbonyl (C=O) groups excluding carboxylic acids is 1. The van der Waals surface area contributed by atoms with Gasteiger partial charge in [0, 0.05) is 16.6 Å². The number of sulfonamides is 1. The van der Waals surface area contributed by atoms with Gasteiger partial charge in [0.15, 0.2) is 0 Å². The van der Waals surface area contributed by atoms with E-state index in [1.54, 1.807) is 6.92 Å². The van der Waals surface area contributed by atoms with Crippen molar-refractivity contribution in [3.63, 3.8) is 0 Å². The summed E-state index contributed by atoms with van der Waals surface area (Å²) in [7, 11) is -3.83. The molecule has 2 unspecified atom stereocenters. The number of hydrogen-bond donors (Lipinski definition) is 2. The van der Waals surface area contributed by atoms with Gasteiger partial charge in [-0.15, -0.1) is 0 Å². The lowest BCUT2D eigenvalue weighted by Crippen LogP contribution is -2.18. The Morgan fingerprint density at radius 3 is 2.56 bits per heavy atom. The lowest BCUT2D eigenvalue weighted by Gasteiger charge is -2.13. The number of primary sulfonamides is 1. The highest BCUT2D eigenvalue weighted by Gasteiger charge is 2.44. The molecule has 0 spiro atoms. The lowest BCUT2D eigenvalue weighted by molar-refractivity contribution is -0.117. The van der Waals surface area contributed by atoms with E-state index in [-0.39, 0.29) is 22.6 Å². The fourth-order valence-electron chi connectivity index (χ4n) is 2.95. The largest absolute Gasteiger partial charge is 0.326 e. The Morgan fingerprint density at radius 1 is 1.24 bits per heavy atom. The standard InChI is InChI=1S/C18H19ClN2O3S/c1-10-7-12(25(20,23)24)8-17(11(10)2)21-18(22)15-9-14(15)13-5-3-4-6-16(13)19/h3-8,14-15H,9H2,1-2H3,(H,21,22)(H2,20,23,24). The number of nitrogens with one attached hydrogen (secondary N) is 1. The highest BCUT2D eigenvalue weighted by atomic mass is 35.5. The highest BCUT2D eigenvalue weighted by molar-refractivity contribution is 7.89. The van der Waals surface area contributed by atoms with Gasteiger partial charge < -0.3 is 5.32 Å². The lowest BCUT2D eigenvalue weighted by atomic mass is 10.1. The van der Waals surface area contributed by atoms with E-state index in [9.17, 15) is 13.2 Å². The molecule has 1 aliphatic carbocycles. The third kappa shape index (κ3) is 3.71. The second-order valence-corrected chi connectivity index (χ2v) is 8.39. The van der Waals surface area contributed by atoms with Crippen molar-refractivity contribution in [2.75, 3.05) is 5.32 Å². The van der Waals surface area contributed by atoms with E-state index in [1.807, 2.05) is 31.2 Å². The van der Waals surface area contributed by atoms with Crippen LogP contribution in [0.5, 0.6) is 0 Å². The minimum absolute atomic E-state index is 0.00986. The molecule has 0 aromatic heterocycles. The van der Waals surface area contributed by atoms with E-state index in [1.165, 1.54) is 12.1 Å². The van der Waals surface area contributed by atoms with Gasteiger partial charge in [-0.1, -0.05) is 29.8 Å². The summed E-state index contributed by atoms with van der Waals surface area (Å²) in [5, 5.41) is 8.71. The van der Waals surface area contributed by atoms with Crippen LogP contribution in [0.1, 0.15) is 29.0 Å². The Labute approximate surface area is 152 Å². The quantitative estimate of drug-likeness (QED) is 0.854. The second-order valence-electron chi connectivity index (χ2n) is 6.42. The fraction of sp³-hybridized carbons (Fsp3) is 0.278. The Bertz CT molecular complexity index is 957. The van der Waals surface area contributed by atoms with Gasteiger partial charge in [-0.05, 0) is 61.1 Å². The maximum atomic E-state index is 12.6. The van der Waals surface area contributed by atoms with Gasteiger partial charge >= 0.3 is 0 Å². The average molecular weight is 379 g/mol. The van der Waals surface area contributed by atoms with Crippen LogP contribution in [-0.4, -0.2) is 14.3 Å². The molecule has 3 N–H and O–H groups in total. The summed E-state index contributed by atoms with van der Waals surface area (Å²) in [6.45, 7) is 3.61. The maximum absolute atomic E-state index is 12.6. The van der Waals surface area contributed by atoms with Crippen molar-refractivity contribution in [1.29, 1.82) is 0 Å². The van der Waals surface area contributed by atoms with Gasteiger partial charge in [-0.25, -0.2) is 13.6 Å². The van der Waals surface area contributed by atoms with Crippen LogP contribution in [-0.2, 0) is 14.8 Å². The number of halogens is 1. The van der Waals surface area contributed by atoms with Crippen LogP contribution < -0.4 is 10.5 Å². The zero-order valence-electron chi connectivity index (χ0n) is 13.9. The first-order chi connectivity index (χ1) is 11.7. The van der Waals surface area contributed by atoms with Crippen molar-refractivity contribution in [2.45, 2.75) is 31.1 Å². The molecule has 2 atom stereocenters. The molecule has 0 aliphatic heterocycles. The van der Waals surface area contributed by atoms with E-state index in [4.69, 9.17) is 16.7 Å². The van der Waals surface area contributed by atoms with Crippen molar-refractivity contribution >= 4 is 33.2 Å². The van der Waals surface area contributed by atoms with E-state index >= 15 is 0 Å². The zero-order chi connectivity index (χ0) is 18.4. The van der Waals surface area contributed by atoms with E-state index in [0.717, 1.165) is 23.1 Å². The van der Waals surface area contributed by atoms with Crippen molar-refractivity contribution < 1.29 is 13.2 Å². The summed E-state index contributed by atoms with van der Waals surface area (Å²) in [6.07, 6.45) is 0.725.